The Labute approximate surface area is 219 Å². The van der Waals surface area contributed by atoms with Crippen LogP contribution in [0.25, 0.3) is 10.9 Å². The van der Waals surface area contributed by atoms with E-state index in [1.165, 1.54) is 12.1 Å². The number of anilines is 1. The van der Waals surface area contributed by atoms with Gasteiger partial charge >= 0.3 is 6.18 Å². The zero-order valence-corrected chi connectivity index (χ0v) is 21.8. The van der Waals surface area contributed by atoms with Gasteiger partial charge in [-0.15, -0.1) is 0 Å². The van der Waals surface area contributed by atoms with Crippen LogP contribution in [0.1, 0.15) is 41.7 Å². The van der Waals surface area contributed by atoms with Gasteiger partial charge in [0.1, 0.15) is 5.69 Å². The molecular weight excluding hydrogens is 601 g/mol. The number of hydrogen-bond donors (Lipinski definition) is 1. The first kappa shape index (κ1) is 25.3. The SMILES string of the molecule is CN(c1cc(C(F)(F)F)nc2ccc(Cl)cc12)[C@H]1CC[C@@H](NC(=O)c2cccc(Cl)c2I)CC1. The Kier molecular flexibility index (Phi) is 7.50. The van der Waals surface area contributed by atoms with Crippen LogP contribution < -0.4 is 10.2 Å². The van der Waals surface area contributed by atoms with Crippen LogP contribution in [0.4, 0.5) is 18.9 Å². The lowest BCUT2D eigenvalue weighted by Crippen LogP contribution is -2.43. The van der Waals surface area contributed by atoms with Crippen LogP contribution in [-0.4, -0.2) is 30.0 Å². The maximum Gasteiger partial charge on any atom is 0.433 e. The van der Waals surface area contributed by atoms with Gasteiger partial charge < -0.3 is 10.2 Å². The number of hydrogen-bond acceptors (Lipinski definition) is 3. The molecule has 0 atom stereocenters. The predicted octanol–water partition coefficient (Wildman–Crippen LogP) is 7.34. The minimum absolute atomic E-state index is 0.0127. The number of rotatable bonds is 4. The van der Waals surface area contributed by atoms with Gasteiger partial charge in [0.05, 0.1) is 16.1 Å². The smallest absolute Gasteiger partial charge is 0.371 e. The van der Waals surface area contributed by atoms with E-state index in [0.29, 0.717) is 43.1 Å². The summed E-state index contributed by atoms with van der Waals surface area (Å²) in [6.07, 6.45) is -1.68. The molecule has 0 spiro atoms. The van der Waals surface area contributed by atoms with Gasteiger partial charge in [-0.05, 0) is 84.7 Å². The molecular formula is C24H21Cl2F3IN3O. The van der Waals surface area contributed by atoms with Crippen molar-refractivity contribution in [2.45, 2.75) is 43.9 Å². The largest absolute Gasteiger partial charge is 0.433 e. The first-order chi connectivity index (χ1) is 16.0. The summed E-state index contributed by atoms with van der Waals surface area (Å²) in [5.41, 5.74) is 0.298. The van der Waals surface area contributed by atoms with Crippen LogP contribution in [0.15, 0.2) is 42.5 Å². The van der Waals surface area contributed by atoms with Gasteiger partial charge in [0, 0.05) is 38.8 Å². The fraction of sp³-hybridized carbons (Fsp3) is 0.333. The third kappa shape index (κ3) is 5.39. The molecule has 2 aromatic carbocycles. The summed E-state index contributed by atoms with van der Waals surface area (Å²) in [5.74, 6) is -0.173. The van der Waals surface area contributed by atoms with Crippen LogP contribution in [0, 0.1) is 3.57 Å². The van der Waals surface area contributed by atoms with Gasteiger partial charge in [-0.2, -0.15) is 13.2 Å². The van der Waals surface area contributed by atoms with Gasteiger partial charge in [-0.1, -0.05) is 29.3 Å². The molecule has 1 heterocycles. The van der Waals surface area contributed by atoms with E-state index < -0.39 is 11.9 Å². The van der Waals surface area contributed by atoms with Gasteiger partial charge in [-0.25, -0.2) is 4.98 Å². The molecule has 0 saturated heterocycles. The van der Waals surface area contributed by atoms with E-state index in [1.807, 2.05) is 4.90 Å². The molecule has 3 aromatic rings. The molecule has 1 saturated carbocycles. The van der Waals surface area contributed by atoms with Crippen molar-refractivity contribution >= 4 is 68.3 Å². The standard InChI is InChI=1S/C24H21Cl2F3IN3O/c1-33(20-12-21(24(27,28)29)32-19-10-5-13(25)11-17(19)20)15-8-6-14(7-9-15)31-23(34)16-3-2-4-18(26)22(16)30/h2-5,10-12,14-15H,6-9H2,1H3,(H,31,34)/t14-,15+. The minimum Gasteiger partial charge on any atom is -0.371 e. The average Bonchev–Trinajstić information content (AvgIpc) is 2.79. The first-order valence-corrected chi connectivity index (χ1v) is 12.5. The Morgan fingerprint density at radius 2 is 1.82 bits per heavy atom. The molecule has 180 valence electrons. The second-order valence-corrected chi connectivity index (χ2v) is 10.3. The van der Waals surface area contributed by atoms with Crippen LogP contribution in [0.5, 0.6) is 0 Å². The molecule has 1 amide bonds. The Morgan fingerprint density at radius 3 is 2.50 bits per heavy atom. The van der Waals surface area contributed by atoms with Gasteiger partial charge in [0.2, 0.25) is 0 Å². The normalized spacial score (nSPS) is 18.7. The topological polar surface area (TPSA) is 45.2 Å². The molecule has 34 heavy (non-hydrogen) atoms. The number of nitrogens with zero attached hydrogens (tertiary/aromatic N) is 2. The summed E-state index contributed by atoms with van der Waals surface area (Å²) in [6, 6.07) is 11.0. The van der Waals surface area contributed by atoms with E-state index in [2.05, 4.69) is 32.9 Å². The highest BCUT2D eigenvalue weighted by atomic mass is 127. The third-order valence-electron chi connectivity index (χ3n) is 6.20. The first-order valence-electron chi connectivity index (χ1n) is 10.7. The van der Waals surface area contributed by atoms with Crippen molar-refractivity contribution in [3.63, 3.8) is 0 Å². The van der Waals surface area contributed by atoms with Crippen molar-refractivity contribution in [3.8, 4) is 0 Å². The lowest BCUT2D eigenvalue weighted by atomic mass is 9.89. The van der Waals surface area contributed by atoms with Crippen molar-refractivity contribution in [2.75, 3.05) is 11.9 Å². The molecule has 0 aliphatic heterocycles. The summed E-state index contributed by atoms with van der Waals surface area (Å²) in [7, 11) is 1.80. The zero-order valence-electron chi connectivity index (χ0n) is 18.1. The molecule has 1 fully saturated rings. The Morgan fingerprint density at radius 1 is 1.12 bits per heavy atom. The molecule has 1 aliphatic carbocycles. The summed E-state index contributed by atoms with van der Waals surface area (Å²) in [6.45, 7) is 0. The van der Waals surface area contributed by atoms with Gasteiger partial charge in [-0.3, -0.25) is 4.79 Å². The van der Waals surface area contributed by atoms with Crippen molar-refractivity contribution in [1.29, 1.82) is 0 Å². The van der Waals surface area contributed by atoms with E-state index in [9.17, 15) is 18.0 Å². The summed E-state index contributed by atoms with van der Waals surface area (Å²) < 4.78 is 41.2. The fourth-order valence-electron chi connectivity index (χ4n) is 4.36. The third-order valence-corrected chi connectivity index (χ3v) is 8.23. The van der Waals surface area contributed by atoms with E-state index in [-0.39, 0.29) is 23.5 Å². The van der Waals surface area contributed by atoms with Gasteiger partial charge in [0.15, 0.2) is 0 Å². The molecule has 10 heteroatoms. The maximum atomic E-state index is 13.5. The fourth-order valence-corrected chi connectivity index (χ4v) is 5.31. The molecule has 0 unspecified atom stereocenters. The molecule has 1 aromatic heterocycles. The number of nitrogens with one attached hydrogen (secondary N) is 1. The molecule has 1 N–H and O–H groups in total. The van der Waals surface area contributed by atoms with Gasteiger partial charge in [0.25, 0.3) is 5.91 Å². The van der Waals surface area contributed by atoms with Crippen molar-refractivity contribution < 1.29 is 18.0 Å². The monoisotopic (exact) mass is 621 g/mol. The maximum absolute atomic E-state index is 13.5. The lowest BCUT2D eigenvalue weighted by Gasteiger charge is -2.37. The Hall–Kier alpha value is -1.78. The van der Waals surface area contributed by atoms with Crippen LogP contribution >= 0.6 is 45.8 Å². The number of halogens is 6. The highest BCUT2D eigenvalue weighted by Gasteiger charge is 2.35. The second kappa shape index (κ2) is 10.1. The number of fused-ring (bicyclic) bond motifs is 1. The number of aromatic nitrogens is 1. The lowest BCUT2D eigenvalue weighted by molar-refractivity contribution is -0.140. The second-order valence-electron chi connectivity index (χ2n) is 8.38. The van der Waals surface area contributed by atoms with Crippen LogP contribution in [0.3, 0.4) is 0 Å². The van der Waals surface area contributed by atoms with Crippen molar-refractivity contribution in [1.82, 2.24) is 10.3 Å². The number of pyridine rings is 1. The minimum atomic E-state index is -4.55. The predicted molar refractivity (Wildman–Crippen MR) is 138 cm³/mol. The number of carbonyl (C=O) groups excluding carboxylic acids is 1. The number of alkyl halides is 3. The van der Waals surface area contributed by atoms with Crippen LogP contribution in [-0.2, 0) is 6.18 Å². The Bertz CT molecular complexity index is 1230. The summed E-state index contributed by atoms with van der Waals surface area (Å²) in [4.78, 5) is 18.4. The van der Waals surface area contributed by atoms with E-state index in [1.54, 1.807) is 31.3 Å². The molecule has 4 rings (SSSR count). The highest BCUT2D eigenvalue weighted by molar-refractivity contribution is 14.1. The van der Waals surface area contributed by atoms with E-state index in [4.69, 9.17) is 23.2 Å². The van der Waals surface area contributed by atoms with E-state index in [0.717, 1.165) is 18.9 Å². The summed E-state index contributed by atoms with van der Waals surface area (Å²) >= 11 is 14.3. The zero-order chi connectivity index (χ0) is 24.6. The van der Waals surface area contributed by atoms with Crippen molar-refractivity contribution in [2.24, 2.45) is 0 Å². The number of carbonyl (C=O) groups is 1. The Balaban J connectivity index is 1.50. The molecule has 4 nitrogen and oxygen atoms in total. The van der Waals surface area contributed by atoms with Crippen molar-refractivity contribution in [3.05, 3.63) is 67.3 Å². The molecule has 0 radical (unpaired) electrons. The quantitative estimate of drug-likeness (QED) is 0.310. The highest BCUT2D eigenvalue weighted by Crippen LogP contribution is 2.37. The summed E-state index contributed by atoms with van der Waals surface area (Å²) in [5, 5.41) is 4.61. The average molecular weight is 622 g/mol. The molecule has 0 bridgehead atoms. The number of benzene rings is 2. The molecule has 1 aliphatic rings. The van der Waals surface area contributed by atoms with E-state index >= 15 is 0 Å². The van der Waals surface area contributed by atoms with Crippen LogP contribution in [0.2, 0.25) is 10.0 Å². The number of amides is 1.